The van der Waals surface area contributed by atoms with Crippen LogP contribution in [0.25, 0.3) is 0 Å². The van der Waals surface area contributed by atoms with E-state index in [-0.39, 0.29) is 11.8 Å². The van der Waals surface area contributed by atoms with Gasteiger partial charge in [-0.2, -0.15) is 12.6 Å². The van der Waals surface area contributed by atoms with Crippen LogP contribution in [0.15, 0.2) is 0 Å². The number of unbranched alkanes of at least 4 members (excludes halogenated alkanes) is 3. The van der Waals surface area contributed by atoms with Gasteiger partial charge in [-0.3, -0.25) is 9.59 Å². The Balaban J connectivity index is 2.29. The Morgan fingerprint density at radius 1 is 1.15 bits per heavy atom. The molecule has 1 fully saturated rings. The van der Waals surface area contributed by atoms with Crippen LogP contribution in [-0.2, 0) is 19.1 Å². The number of carbonyl (C=O) groups excluding carboxylic acids is 2. The first kappa shape index (κ1) is 24.1. The van der Waals surface area contributed by atoms with E-state index >= 15 is 0 Å². The summed E-state index contributed by atoms with van der Waals surface area (Å²) >= 11 is 4.00. The van der Waals surface area contributed by atoms with E-state index in [0.717, 1.165) is 25.7 Å². The number of hydrogen-bond donors (Lipinski definition) is 6. The second kappa shape index (κ2) is 13.3. The Labute approximate surface area is 165 Å². The SMILES string of the molecule is CC(=O)NC1[C@H](OCCCCCCNC(=O)CCS)OC(CO)[C@@H](O)[C@@H]1O. The summed E-state index contributed by atoms with van der Waals surface area (Å²) in [6, 6.07) is -0.914. The summed E-state index contributed by atoms with van der Waals surface area (Å²) < 4.78 is 11.1. The van der Waals surface area contributed by atoms with E-state index in [4.69, 9.17) is 9.47 Å². The largest absolute Gasteiger partial charge is 0.394 e. The predicted molar refractivity (Wildman–Crippen MR) is 101 cm³/mol. The summed E-state index contributed by atoms with van der Waals surface area (Å²) in [4.78, 5) is 22.6. The van der Waals surface area contributed by atoms with Crippen LogP contribution in [0, 0.1) is 0 Å². The molecule has 1 aliphatic heterocycles. The fourth-order valence-corrected chi connectivity index (χ4v) is 3.01. The van der Waals surface area contributed by atoms with Crippen molar-refractivity contribution in [2.24, 2.45) is 0 Å². The summed E-state index contributed by atoms with van der Waals surface area (Å²) in [5, 5.41) is 34.7. The summed E-state index contributed by atoms with van der Waals surface area (Å²) in [5.41, 5.74) is 0. The van der Waals surface area contributed by atoms with Crippen molar-refractivity contribution in [1.29, 1.82) is 0 Å². The molecule has 158 valence electrons. The van der Waals surface area contributed by atoms with Gasteiger partial charge in [0.05, 0.1) is 6.61 Å². The van der Waals surface area contributed by atoms with Crippen LogP contribution < -0.4 is 10.6 Å². The van der Waals surface area contributed by atoms with Gasteiger partial charge in [-0.15, -0.1) is 0 Å². The molecule has 0 aromatic heterocycles. The highest BCUT2D eigenvalue weighted by Crippen LogP contribution is 2.22. The van der Waals surface area contributed by atoms with Crippen molar-refractivity contribution in [3.05, 3.63) is 0 Å². The quantitative estimate of drug-likeness (QED) is 0.179. The molecule has 0 aromatic rings. The van der Waals surface area contributed by atoms with Crippen LogP contribution in [-0.4, -0.2) is 83.3 Å². The first-order valence-corrected chi connectivity index (χ1v) is 9.92. The molecular weight excluding hydrogens is 376 g/mol. The predicted octanol–water partition coefficient (Wildman–Crippen LogP) is -1.06. The molecule has 27 heavy (non-hydrogen) atoms. The highest BCUT2D eigenvalue weighted by molar-refractivity contribution is 7.80. The topological polar surface area (TPSA) is 137 Å². The standard InChI is InChI=1S/C17H32N2O7S/c1-11(21)19-14-16(24)15(23)12(10-20)26-17(14)25-8-5-3-2-4-7-18-13(22)6-9-27/h12,14-17,20,23-24,27H,2-10H2,1H3,(H,18,22)(H,19,21)/t12?,14?,15-,16-,17-/m1/s1. The first-order chi connectivity index (χ1) is 12.9. The molecule has 2 amide bonds. The minimum absolute atomic E-state index is 0.00553. The van der Waals surface area contributed by atoms with Gasteiger partial charge in [0.1, 0.15) is 24.4 Å². The van der Waals surface area contributed by atoms with Crippen molar-refractivity contribution in [3.63, 3.8) is 0 Å². The Bertz CT molecular complexity index is 455. The minimum Gasteiger partial charge on any atom is -0.394 e. The van der Waals surface area contributed by atoms with Crippen molar-refractivity contribution >= 4 is 24.4 Å². The maximum absolute atomic E-state index is 11.3. The summed E-state index contributed by atoms with van der Waals surface area (Å²) in [7, 11) is 0. The van der Waals surface area contributed by atoms with E-state index in [9.17, 15) is 24.9 Å². The molecule has 2 unspecified atom stereocenters. The highest BCUT2D eigenvalue weighted by atomic mass is 32.1. The van der Waals surface area contributed by atoms with E-state index in [0.29, 0.717) is 25.3 Å². The van der Waals surface area contributed by atoms with E-state index in [1.165, 1.54) is 6.92 Å². The van der Waals surface area contributed by atoms with Crippen LogP contribution in [0.1, 0.15) is 39.0 Å². The summed E-state index contributed by atoms with van der Waals surface area (Å²) in [6.45, 7) is 1.80. The van der Waals surface area contributed by atoms with E-state index in [1.54, 1.807) is 0 Å². The van der Waals surface area contributed by atoms with Crippen LogP contribution in [0.4, 0.5) is 0 Å². The summed E-state index contributed by atoms with van der Waals surface area (Å²) in [6.07, 6.45) is -0.719. The zero-order valence-corrected chi connectivity index (χ0v) is 16.6. The monoisotopic (exact) mass is 408 g/mol. The Kier molecular flexibility index (Phi) is 11.9. The van der Waals surface area contributed by atoms with Gasteiger partial charge in [0.25, 0.3) is 0 Å². The van der Waals surface area contributed by atoms with E-state index in [1.807, 2.05) is 0 Å². The van der Waals surface area contributed by atoms with Gasteiger partial charge in [0, 0.05) is 26.5 Å². The number of ether oxygens (including phenoxy) is 2. The highest BCUT2D eigenvalue weighted by Gasteiger charge is 2.45. The number of amides is 2. The lowest BCUT2D eigenvalue weighted by molar-refractivity contribution is -0.270. The molecule has 0 spiro atoms. The lowest BCUT2D eigenvalue weighted by atomic mass is 9.97. The number of hydrogen-bond acceptors (Lipinski definition) is 8. The molecule has 0 bridgehead atoms. The average molecular weight is 409 g/mol. The third-order valence-electron chi connectivity index (χ3n) is 4.27. The molecule has 5 N–H and O–H groups in total. The second-order valence-corrected chi connectivity index (χ2v) is 6.99. The van der Waals surface area contributed by atoms with Crippen molar-refractivity contribution in [3.8, 4) is 0 Å². The lowest BCUT2D eigenvalue weighted by Crippen LogP contribution is -2.64. The van der Waals surface area contributed by atoms with Crippen LogP contribution in [0.3, 0.4) is 0 Å². The van der Waals surface area contributed by atoms with Crippen LogP contribution in [0.2, 0.25) is 0 Å². The maximum Gasteiger partial charge on any atom is 0.220 e. The van der Waals surface area contributed by atoms with Gasteiger partial charge < -0.3 is 35.4 Å². The molecule has 1 aliphatic rings. The third kappa shape index (κ3) is 8.75. The Morgan fingerprint density at radius 2 is 1.85 bits per heavy atom. The first-order valence-electron chi connectivity index (χ1n) is 9.29. The molecule has 9 nitrogen and oxygen atoms in total. The van der Waals surface area contributed by atoms with Gasteiger partial charge in [-0.1, -0.05) is 12.8 Å². The smallest absolute Gasteiger partial charge is 0.220 e. The molecule has 5 atom stereocenters. The molecule has 10 heteroatoms. The van der Waals surface area contributed by atoms with Gasteiger partial charge in [-0.05, 0) is 18.6 Å². The van der Waals surface area contributed by atoms with Crippen molar-refractivity contribution in [1.82, 2.24) is 10.6 Å². The molecular formula is C17H32N2O7S. The Hall–Kier alpha value is -0.910. The number of aliphatic hydroxyl groups excluding tert-OH is 3. The van der Waals surface area contributed by atoms with E-state index in [2.05, 4.69) is 23.3 Å². The molecule has 0 saturated carbocycles. The van der Waals surface area contributed by atoms with Crippen LogP contribution >= 0.6 is 12.6 Å². The van der Waals surface area contributed by atoms with Crippen molar-refractivity contribution < 1.29 is 34.4 Å². The van der Waals surface area contributed by atoms with Crippen LogP contribution in [0.5, 0.6) is 0 Å². The Morgan fingerprint density at radius 3 is 2.48 bits per heavy atom. The number of nitrogens with one attached hydrogen (secondary N) is 2. The normalized spacial score (nSPS) is 28.0. The number of carbonyl (C=O) groups is 2. The number of aliphatic hydroxyl groups is 3. The zero-order chi connectivity index (χ0) is 20.2. The lowest BCUT2D eigenvalue weighted by Gasteiger charge is -2.42. The van der Waals surface area contributed by atoms with Gasteiger partial charge in [-0.25, -0.2) is 0 Å². The molecule has 0 aliphatic carbocycles. The molecule has 1 heterocycles. The van der Waals surface area contributed by atoms with Gasteiger partial charge in [0.15, 0.2) is 6.29 Å². The molecule has 1 rings (SSSR count). The second-order valence-electron chi connectivity index (χ2n) is 6.54. The molecule has 0 aromatic carbocycles. The third-order valence-corrected chi connectivity index (χ3v) is 4.49. The fourth-order valence-electron chi connectivity index (χ4n) is 2.81. The van der Waals surface area contributed by atoms with Crippen molar-refractivity contribution in [2.75, 3.05) is 25.5 Å². The van der Waals surface area contributed by atoms with Gasteiger partial charge in [0.2, 0.25) is 11.8 Å². The zero-order valence-electron chi connectivity index (χ0n) is 15.7. The average Bonchev–Trinajstić information content (AvgIpc) is 2.62. The maximum atomic E-state index is 11.3. The summed E-state index contributed by atoms with van der Waals surface area (Å²) in [5.74, 6) is 0.159. The number of thiol groups is 1. The van der Waals surface area contributed by atoms with E-state index < -0.39 is 37.3 Å². The molecule has 1 saturated heterocycles. The minimum atomic E-state index is -1.32. The fraction of sp³-hybridized carbons (Fsp3) is 0.882. The van der Waals surface area contributed by atoms with Gasteiger partial charge >= 0.3 is 0 Å². The van der Waals surface area contributed by atoms with Crippen molar-refractivity contribution in [2.45, 2.75) is 69.7 Å². The molecule has 0 radical (unpaired) electrons. The number of rotatable bonds is 12.